The third-order valence-corrected chi connectivity index (χ3v) is 6.25. The van der Waals surface area contributed by atoms with Crippen molar-refractivity contribution in [3.05, 3.63) is 84.4 Å². The standard InChI is InChI=1S/C27H31N3O5S/c1-20(2)19-34-24-14-10-22(11-15-24)18-28-29-27(31)21(3)30(36(4,32)33)23-12-16-26(17-13-23)35-25-8-6-5-7-9-25/h5-18,20-21H,19H2,1-4H3,(H,29,31)/b28-18-/t21-/m1/s1. The monoisotopic (exact) mass is 509 g/mol. The Kier molecular flexibility index (Phi) is 9.08. The van der Waals surface area contributed by atoms with E-state index in [0.717, 1.165) is 21.9 Å². The van der Waals surface area contributed by atoms with Gasteiger partial charge in [-0.05, 0) is 79.1 Å². The fourth-order valence-corrected chi connectivity index (χ4v) is 4.45. The van der Waals surface area contributed by atoms with Crippen LogP contribution in [0.3, 0.4) is 0 Å². The molecule has 0 aromatic heterocycles. The number of ether oxygens (including phenoxy) is 2. The smallest absolute Gasteiger partial charge is 0.263 e. The first-order valence-corrected chi connectivity index (χ1v) is 13.4. The molecule has 0 aliphatic carbocycles. The maximum atomic E-state index is 12.7. The van der Waals surface area contributed by atoms with Gasteiger partial charge in [0.1, 0.15) is 23.3 Å². The Morgan fingerprint density at radius 2 is 1.50 bits per heavy atom. The lowest BCUT2D eigenvalue weighted by atomic mass is 10.2. The second-order valence-corrected chi connectivity index (χ2v) is 10.5. The zero-order chi connectivity index (χ0) is 26.1. The summed E-state index contributed by atoms with van der Waals surface area (Å²) in [5.41, 5.74) is 3.51. The van der Waals surface area contributed by atoms with Crippen molar-refractivity contribution < 1.29 is 22.7 Å². The summed E-state index contributed by atoms with van der Waals surface area (Å²) in [6.07, 6.45) is 2.54. The van der Waals surface area contributed by atoms with Crippen LogP contribution in [0.5, 0.6) is 17.2 Å². The third kappa shape index (κ3) is 7.84. The number of nitrogens with zero attached hydrogens (tertiary/aromatic N) is 2. The normalized spacial score (nSPS) is 12.4. The van der Waals surface area contributed by atoms with E-state index in [9.17, 15) is 13.2 Å². The average molecular weight is 510 g/mol. The summed E-state index contributed by atoms with van der Waals surface area (Å²) in [7, 11) is -3.76. The summed E-state index contributed by atoms with van der Waals surface area (Å²) in [5, 5.41) is 3.98. The van der Waals surface area contributed by atoms with Crippen LogP contribution in [0.4, 0.5) is 5.69 Å². The highest BCUT2D eigenvalue weighted by molar-refractivity contribution is 7.92. The summed E-state index contributed by atoms with van der Waals surface area (Å²) in [6.45, 7) is 6.28. The van der Waals surface area contributed by atoms with E-state index in [1.807, 2.05) is 54.6 Å². The highest BCUT2D eigenvalue weighted by Crippen LogP contribution is 2.27. The first kappa shape index (κ1) is 26.7. The Balaban J connectivity index is 1.65. The van der Waals surface area contributed by atoms with E-state index in [-0.39, 0.29) is 0 Å². The van der Waals surface area contributed by atoms with Crippen LogP contribution in [0.25, 0.3) is 0 Å². The number of hydrazone groups is 1. The van der Waals surface area contributed by atoms with Crippen molar-refractivity contribution in [3.8, 4) is 17.2 Å². The Morgan fingerprint density at radius 3 is 2.08 bits per heavy atom. The zero-order valence-corrected chi connectivity index (χ0v) is 21.6. The fraction of sp³-hybridized carbons (Fsp3) is 0.259. The number of amides is 1. The van der Waals surface area contributed by atoms with Crippen LogP contribution in [0.2, 0.25) is 0 Å². The number of hydrogen-bond acceptors (Lipinski definition) is 6. The molecule has 1 N–H and O–H groups in total. The Morgan fingerprint density at radius 1 is 0.917 bits per heavy atom. The topological polar surface area (TPSA) is 97.3 Å². The summed E-state index contributed by atoms with van der Waals surface area (Å²) >= 11 is 0. The van der Waals surface area contributed by atoms with E-state index < -0.39 is 22.0 Å². The molecule has 36 heavy (non-hydrogen) atoms. The SMILES string of the molecule is CC(C)COc1ccc(/C=N\NC(=O)[C@@H](C)N(c2ccc(Oc3ccccc3)cc2)S(C)(=O)=O)cc1. The molecule has 3 rings (SSSR count). The molecule has 190 valence electrons. The lowest BCUT2D eigenvalue weighted by Crippen LogP contribution is -2.46. The maximum absolute atomic E-state index is 12.7. The summed E-state index contributed by atoms with van der Waals surface area (Å²) in [6, 6.07) is 22.0. The van der Waals surface area contributed by atoms with Crippen LogP contribution in [-0.2, 0) is 14.8 Å². The molecule has 0 spiro atoms. The molecule has 0 fully saturated rings. The van der Waals surface area contributed by atoms with Crippen LogP contribution in [-0.4, -0.2) is 39.4 Å². The maximum Gasteiger partial charge on any atom is 0.263 e. The lowest BCUT2D eigenvalue weighted by Gasteiger charge is -2.27. The van der Waals surface area contributed by atoms with E-state index in [4.69, 9.17) is 9.47 Å². The highest BCUT2D eigenvalue weighted by Gasteiger charge is 2.29. The van der Waals surface area contributed by atoms with Gasteiger partial charge in [-0.15, -0.1) is 0 Å². The molecule has 9 heteroatoms. The molecular weight excluding hydrogens is 478 g/mol. The van der Waals surface area contributed by atoms with Crippen molar-refractivity contribution in [2.24, 2.45) is 11.0 Å². The van der Waals surface area contributed by atoms with Crippen molar-refractivity contribution in [2.45, 2.75) is 26.8 Å². The molecule has 8 nitrogen and oxygen atoms in total. The number of benzene rings is 3. The number of rotatable bonds is 11. The molecule has 3 aromatic carbocycles. The molecule has 0 unspecified atom stereocenters. The zero-order valence-electron chi connectivity index (χ0n) is 20.8. The van der Waals surface area contributed by atoms with Crippen molar-refractivity contribution in [1.29, 1.82) is 0 Å². The summed E-state index contributed by atoms with van der Waals surface area (Å²) in [5.74, 6) is 1.81. The Labute approximate surface area is 212 Å². The molecule has 0 aliphatic rings. The number of nitrogens with one attached hydrogen (secondary N) is 1. The van der Waals surface area contributed by atoms with Crippen LogP contribution < -0.4 is 19.2 Å². The van der Waals surface area contributed by atoms with Gasteiger partial charge in [0.25, 0.3) is 5.91 Å². The van der Waals surface area contributed by atoms with Gasteiger partial charge in [0, 0.05) is 0 Å². The Hall–Kier alpha value is -3.85. The molecule has 0 heterocycles. The van der Waals surface area contributed by atoms with Crippen molar-refractivity contribution in [3.63, 3.8) is 0 Å². The van der Waals surface area contributed by atoms with Gasteiger partial charge < -0.3 is 9.47 Å². The van der Waals surface area contributed by atoms with Gasteiger partial charge >= 0.3 is 0 Å². The van der Waals surface area contributed by atoms with Crippen molar-refractivity contribution >= 4 is 27.8 Å². The van der Waals surface area contributed by atoms with E-state index in [1.54, 1.807) is 24.3 Å². The van der Waals surface area contributed by atoms with E-state index >= 15 is 0 Å². The first-order valence-electron chi connectivity index (χ1n) is 11.5. The van der Waals surface area contributed by atoms with Gasteiger partial charge in [-0.25, -0.2) is 13.8 Å². The van der Waals surface area contributed by atoms with Gasteiger partial charge in [-0.2, -0.15) is 5.10 Å². The van der Waals surface area contributed by atoms with Gasteiger partial charge in [-0.3, -0.25) is 9.10 Å². The van der Waals surface area contributed by atoms with Gasteiger partial charge in [0.05, 0.1) is 24.8 Å². The van der Waals surface area contributed by atoms with Crippen molar-refractivity contribution in [1.82, 2.24) is 5.43 Å². The van der Waals surface area contributed by atoms with Crippen LogP contribution in [0.15, 0.2) is 84.0 Å². The quantitative estimate of drug-likeness (QED) is 0.295. The number of hydrogen-bond donors (Lipinski definition) is 1. The highest BCUT2D eigenvalue weighted by atomic mass is 32.2. The molecule has 1 amide bonds. The number of carbonyl (C=O) groups excluding carboxylic acids is 1. The number of para-hydroxylation sites is 1. The molecule has 0 bridgehead atoms. The van der Waals surface area contributed by atoms with E-state index in [0.29, 0.717) is 29.7 Å². The predicted octanol–water partition coefficient (Wildman–Crippen LogP) is 4.82. The van der Waals surface area contributed by atoms with E-state index in [2.05, 4.69) is 24.4 Å². The Bertz CT molecular complexity index is 1260. The lowest BCUT2D eigenvalue weighted by molar-refractivity contribution is -0.121. The molecule has 0 saturated heterocycles. The molecule has 0 saturated carbocycles. The molecule has 3 aromatic rings. The minimum atomic E-state index is -3.76. The largest absolute Gasteiger partial charge is 0.493 e. The number of sulfonamides is 1. The van der Waals surface area contributed by atoms with Crippen molar-refractivity contribution in [2.75, 3.05) is 17.2 Å². The second kappa shape index (κ2) is 12.2. The van der Waals surface area contributed by atoms with Gasteiger partial charge in [0.15, 0.2) is 0 Å². The third-order valence-electron chi connectivity index (χ3n) is 5.01. The average Bonchev–Trinajstić information content (AvgIpc) is 2.84. The first-order chi connectivity index (χ1) is 17.1. The molecule has 0 radical (unpaired) electrons. The fourth-order valence-electron chi connectivity index (χ4n) is 3.27. The minimum Gasteiger partial charge on any atom is -0.493 e. The van der Waals surface area contributed by atoms with E-state index in [1.165, 1.54) is 13.1 Å². The van der Waals surface area contributed by atoms with Crippen LogP contribution in [0, 0.1) is 5.92 Å². The van der Waals surface area contributed by atoms with Gasteiger partial charge in [-0.1, -0.05) is 32.0 Å². The summed E-state index contributed by atoms with van der Waals surface area (Å²) < 4.78 is 37.5. The predicted molar refractivity (Wildman–Crippen MR) is 142 cm³/mol. The molecule has 1 atom stereocenters. The van der Waals surface area contributed by atoms with Crippen LogP contribution in [0.1, 0.15) is 26.3 Å². The minimum absolute atomic E-state index is 0.335. The van der Waals surface area contributed by atoms with Crippen LogP contribution >= 0.6 is 0 Å². The van der Waals surface area contributed by atoms with Gasteiger partial charge in [0.2, 0.25) is 10.0 Å². The number of anilines is 1. The molecular formula is C27H31N3O5S. The summed E-state index contributed by atoms with van der Waals surface area (Å²) in [4.78, 5) is 12.7. The second-order valence-electron chi connectivity index (χ2n) is 8.65. The number of carbonyl (C=O) groups is 1. The molecule has 0 aliphatic heterocycles.